The fourth-order valence-electron chi connectivity index (χ4n) is 3.15. The molecule has 0 saturated carbocycles. The van der Waals surface area contributed by atoms with E-state index in [9.17, 15) is 4.79 Å². The number of rotatable bonds is 4. The van der Waals surface area contributed by atoms with Gasteiger partial charge >= 0.3 is 0 Å². The lowest BCUT2D eigenvalue weighted by molar-refractivity contribution is 0.0996. The van der Waals surface area contributed by atoms with Crippen LogP contribution in [-0.2, 0) is 0 Å². The molecule has 10 N–H and O–H groups in total. The number of fused-ring (bicyclic) bond motifs is 1. The van der Waals surface area contributed by atoms with Gasteiger partial charge in [0.05, 0.1) is 17.9 Å². The fourth-order valence-corrected chi connectivity index (χ4v) is 4.52. The molecule has 0 radical (unpaired) electrons. The number of thioether (sulfide) groups is 1. The molecule has 1 amide bonds. The maximum Gasteiger partial charge on any atom is 0.269 e. The summed E-state index contributed by atoms with van der Waals surface area (Å²) in [5, 5.41) is 4.89. The number of aromatic amines is 1. The number of nitrogens with one attached hydrogen (secondary N) is 2. The van der Waals surface area contributed by atoms with Crippen LogP contribution in [0.3, 0.4) is 0 Å². The Morgan fingerprint density at radius 1 is 1.31 bits per heavy atom. The van der Waals surface area contributed by atoms with Crippen LogP contribution >= 0.6 is 23.4 Å². The third-order valence-corrected chi connectivity index (χ3v) is 5.94. The second-order valence-corrected chi connectivity index (χ2v) is 8.10. The van der Waals surface area contributed by atoms with Crippen molar-refractivity contribution in [1.29, 1.82) is 0 Å². The topological polar surface area (TPSA) is 186 Å². The molecule has 0 unspecified atom stereocenters. The minimum atomic E-state index is -0.634. The van der Waals surface area contributed by atoms with E-state index in [1.165, 1.54) is 6.20 Å². The van der Waals surface area contributed by atoms with Crippen molar-refractivity contribution in [1.82, 2.24) is 15.0 Å². The van der Waals surface area contributed by atoms with Gasteiger partial charge in [0.25, 0.3) is 5.91 Å². The normalized spacial score (nSPS) is 18.6. The van der Waals surface area contributed by atoms with Gasteiger partial charge in [-0.15, -0.1) is 0 Å². The van der Waals surface area contributed by atoms with Crippen molar-refractivity contribution in [3.8, 4) is 11.4 Å². The summed E-state index contributed by atoms with van der Waals surface area (Å²) in [6, 6.07) is 7.55. The van der Waals surface area contributed by atoms with Crippen LogP contribution in [0.4, 0.5) is 5.82 Å². The molecule has 1 aliphatic heterocycles. The quantitative estimate of drug-likeness (QED) is 0.469. The summed E-state index contributed by atoms with van der Waals surface area (Å²) < 4.78 is 0. The highest BCUT2D eigenvalue weighted by Crippen LogP contribution is 2.28. The summed E-state index contributed by atoms with van der Waals surface area (Å²) in [4.78, 5) is 24.0. The zero-order chi connectivity index (χ0) is 19.0. The first kappa shape index (κ1) is 22.9. The Bertz CT molecular complexity index is 1010. The van der Waals surface area contributed by atoms with Gasteiger partial charge in [-0.3, -0.25) is 4.79 Å². The Labute approximate surface area is 176 Å². The lowest BCUT2D eigenvalue weighted by Crippen LogP contribution is -2.45. The van der Waals surface area contributed by atoms with E-state index >= 15 is 0 Å². The minimum Gasteiger partial charge on any atom is -0.412 e. The molecule has 9 nitrogen and oxygen atoms in total. The monoisotopic (exact) mass is 438 g/mol. The molecule has 0 aliphatic carbocycles. The average Bonchev–Trinajstić information content (AvgIpc) is 3.06. The highest BCUT2D eigenvalue weighted by Gasteiger charge is 2.23. The fraction of sp³-hybridized carbons (Fsp3) is 0.278. The summed E-state index contributed by atoms with van der Waals surface area (Å²) in [5.74, 6) is 1.90. The molecule has 1 saturated heterocycles. The van der Waals surface area contributed by atoms with Crippen LogP contribution < -0.4 is 16.8 Å². The number of primary amides is 1. The number of carbonyl (C=O) groups is 1. The van der Waals surface area contributed by atoms with Gasteiger partial charge in [-0.25, -0.2) is 9.97 Å². The lowest BCUT2D eigenvalue weighted by atomic mass is 10.1. The Balaban J connectivity index is 0.00000150. The van der Waals surface area contributed by atoms with Crippen LogP contribution in [0, 0.1) is 0 Å². The third kappa shape index (κ3) is 4.80. The van der Waals surface area contributed by atoms with E-state index in [-0.39, 0.29) is 28.7 Å². The molecule has 1 aromatic carbocycles. The van der Waals surface area contributed by atoms with Crippen LogP contribution in [0.25, 0.3) is 22.3 Å². The smallest absolute Gasteiger partial charge is 0.269 e. The largest absolute Gasteiger partial charge is 0.412 e. The van der Waals surface area contributed by atoms with Crippen LogP contribution in [0.2, 0.25) is 5.02 Å². The van der Waals surface area contributed by atoms with Gasteiger partial charge in [-0.1, -0.05) is 11.6 Å². The van der Waals surface area contributed by atoms with Crippen LogP contribution in [0.5, 0.6) is 0 Å². The van der Waals surface area contributed by atoms with E-state index < -0.39 is 5.91 Å². The van der Waals surface area contributed by atoms with Crippen molar-refractivity contribution in [2.45, 2.75) is 18.5 Å². The van der Waals surface area contributed by atoms with Gasteiger partial charge in [0.1, 0.15) is 11.5 Å². The SMILES string of the molecule is NC(=O)c1ncc(N[C@@H]2CSCC[C@@H]2N)nc1-c1cc2cc(Cl)ccc2[nH]1.O.O. The van der Waals surface area contributed by atoms with Gasteiger partial charge in [-0.05, 0) is 36.4 Å². The molecule has 2 atom stereocenters. The van der Waals surface area contributed by atoms with E-state index in [1.54, 1.807) is 6.07 Å². The predicted molar refractivity (Wildman–Crippen MR) is 117 cm³/mol. The van der Waals surface area contributed by atoms with Crippen molar-refractivity contribution in [2.24, 2.45) is 11.5 Å². The van der Waals surface area contributed by atoms with Gasteiger partial charge in [0, 0.05) is 27.7 Å². The molecule has 11 heteroatoms. The number of hydrogen-bond acceptors (Lipinski definition) is 6. The standard InChI is InChI=1S/C18H19ClN6OS.2H2O/c19-10-1-2-12-9(5-10)6-13(23-12)16-17(18(21)26)22-7-15(25-16)24-14-8-27-4-3-11(14)20;;/h1-2,5-7,11,14,23H,3-4,8,20H2,(H2,21,26)(H,24,25);2*1H2/t11-,14+;;/m0../s1. The van der Waals surface area contributed by atoms with Gasteiger partial charge in [-0.2, -0.15) is 11.8 Å². The summed E-state index contributed by atoms with van der Waals surface area (Å²) in [6.07, 6.45) is 2.47. The Kier molecular flexibility index (Phi) is 7.44. The maximum absolute atomic E-state index is 11.9. The number of H-pyrrole nitrogens is 1. The number of nitrogens with zero attached hydrogens (tertiary/aromatic N) is 2. The molecular formula is C18H23ClN6O3S. The number of anilines is 1. The van der Waals surface area contributed by atoms with Crippen molar-refractivity contribution >= 4 is 46.0 Å². The van der Waals surface area contributed by atoms with Gasteiger partial charge < -0.3 is 32.7 Å². The maximum atomic E-state index is 11.9. The molecule has 1 fully saturated rings. The summed E-state index contributed by atoms with van der Waals surface area (Å²) >= 11 is 7.92. The third-order valence-electron chi connectivity index (χ3n) is 4.59. The number of nitrogens with two attached hydrogens (primary N) is 2. The van der Waals surface area contributed by atoms with Crippen molar-refractivity contribution in [3.05, 3.63) is 41.2 Å². The molecule has 0 spiro atoms. The highest BCUT2D eigenvalue weighted by molar-refractivity contribution is 7.99. The Hall–Kier alpha value is -2.37. The number of benzene rings is 1. The Morgan fingerprint density at radius 2 is 2.10 bits per heavy atom. The average molecular weight is 439 g/mol. The molecule has 3 aromatic rings. The van der Waals surface area contributed by atoms with Crippen molar-refractivity contribution in [3.63, 3.8) is 0 Å². The zero-order valence-electron chi connectivity index (χ0n) is 15.4. The van der Waals surface area contributed by atoms with Crippen LogP contribution in [-0.4, -0.2) is 55.4 Å². The first-order valence-corrected chi connectivity index (χ1v) is 10.1. The van der Waals surface area contributed by atoms with Gasteiger partial charge in [0.15, 0.2) is 5.69 Å². The molecule has 4 rings (SSSR count). The summed E-state index contributed by atoms with van der Waals surface area (Å²) in [6.45, 7) is 0. The molecule has 0 bridgehead atoms. The number of amides is 1. The first-order valence-electron chi connectivity index (χ1n) is 8.56. The van der Waals surface area contributed by atoms with E-state index in [1.807, 2.05) is 30.0 Å². The van der Waals surface area contributed by atoms with Crippen LogP contribution in [0.1, 0.15) is 16.9 Å². The second kappa shape index (κ2) is 9.42. The van der Waals surface area contributed by atoms with Crippen molar-refractivity contribution < 1.29 is 15.7 Å². The summed E-state index contributed by atoms with van der Waals surface area (Å²) in [5.41, 5.74) is 13.8. The second-order valence-electron chi connectivity index (χ2n) is 6.51. The van der Waals surface area contributed by atoms with E-state index in [0.717, 1.165) is 28.8 Å². The Morgan fingerprint density at radius 3 is 2.83 bits per heavy atom. The molecule has 3 heterocycles. The van der Waals surface area contributed by atoms with E-state index in [0.29, 0.717) is 22.2 Å². The highest BCUT2D eigenvalue weighted by atomic mass is 35.5. The molecule has 2 aromatic heterocycles. The van der Waals surface area contributed by atoms with E-state index in [4.69, 9.17) is 23.1 Å². The number of carbonyl (C=O) groups excluding carboxylic acids is 1. The molecular weight excluding hydrogens is 416 g/mol. The van der Waals surface area contributed by atoms with Gasteiger partial charge in [0.2, 0.25) is 0 Å². The first-order chi connectivity index (χ1) is 13.0. The molecule has 156 valence electrons. The molecule has 1 aliphatic rings. The predicted octanol–water partition coefficient (Wildman–Crippen LogP) is 0.972. The van der Waals surface area contributed by atoms with Crippen molar-refractivity contribution in [2.75, 3.05) is 16.8 Å². The van der Waals surface area contributed by atoms with E-state index in [2.05, 4.69) is 20.3 Å². The number of hydrogen-bond donors (Lipinski definition) is 4. The minimum absolute atomic E-state index is 0. The summed E-state index contributed by atoms with van der Waals surface area (Å²) in [7, 11) is 0. The van der Waals surface area contributed by atoms with Crippen LogP contribution in [0.15, 0.2) is 30.5 Å². The molecule has 29 heavy (non-hydrogen) atoms. The zero-order valence-corrected chi connectivity index (χ0v) is 17.0. The number of aromatic nitrogens is 3. The number of halogens is 1. The lowest BCUT2D eigenvalue weighted by Gasteiger charge is -2.29.